The molecule has 20 heavy (non-hydrogen) atoms. The fourth-order valence-corrected chi connectivity index (χ4v) is 2.60. The first-order chi connectivity index (χ1) is 9.54. The third-order valence-electron chi connectivity index (χ3n) is 2.60. The van der Waals surface area contributed by atoms with Crippen molar-refractivity contribution in [2.24, 2.45) is 0 Å². The van der Waals surface area contributed by atoms with Crippen LogP contribution in [-0.4, -0.2) is 11.1 Å². The monoisotopic (exact) mass is 292 g/mol. The van der Waals surface area contributed by atoms with Crippen molar-refractivity contribution >= 4 is 23.8 Å². The van der Waals surface area contributed by atoms with Crippen molar-refractivity contribution in [1.29, 1.82) is 0 Å². The molecule has 1 aromatic carbocycles. The van der Waals surface area contributed by atoms with Gasteiger partial charge in [-0.05, 0) is 42.3 Å². The molecular weight excluding hydrogens is 279 g/mol. The molecule has 0 atom stereocenters. The first-order valence-corrected chi connectivity index (χ1v) is 6.90. The molecule has 2 rings (SSSR count). The second-order valence-corrected chi connectivity index (χ2v) is 5.21. The lowest BCUT2D eigenvalue weighted by atomic mass is 10.1. The van der Waals surface area contributed by atoms with E-state index in [2.05, 4.69) is 0 Å². The van der Waals surface area contributed by atoms with Crippen LogP contribution in [0, 0.1) is 12.7 Å². The molecule has 0 saturated carbocycles. The van der Waals surface area contributed by atoms with Crippen LogP contribution in [0.15, 0.2) is 45.9 Å². The molecule has 2 aromatic rings. The molecule has 1 N–H and O–H groups in total. The summed E-state index contributed by atoms with van der Waals surface area (Å²) in [5, 5.41) is 8.58. The molecule has 3 nitrogen and oxygen atoms in total. The summed E-state index contributed by atoms with van der Waals surface area (Å²) in [5.41, 5.74) is 1.33. The number of rotatable bonds is 5. The maximum absolute atomic E-state index is 13.5. The van der Waals surface area contributed by atoms with Crippen LogP contribution in [0.2, 0.25) is 0 Å². The Morgan fingerprint density at radius 2 is 2.25 bits per heavy atom. The average molecular weight is 292 g/mol. The molecule has 0 spiro atoms. The minimum atomic E-state index is -1.06. The van der Waals surface area contributed by atoms with Crippen LogP contribution in [-0.2, 0) is 10.5 Å². The molecule has 0 aliphatic carbocycles. The first kappa shape index (κ1) is 14.4. The molecule has 0 aliphatic heterocycles. The summed E-state index contributed by atoms with van der Waals surface area (Å²) in [6, 6.07) is 6.38. The smallest absolute Gasteiger partial charge is 0.328 e. The number of carboxylic acid groups (broad SMARTS) is 1. The third kappa shape index (κ3) is 3.99. The second kappa shape index (κ2) is 6.43. The quantitative estimate of drug-likeness (QED) is 0.665. The van der Waals surface area contributed by atoms with E-state index in [-0.39, 0.29) is 5.82 Å². The molecule has 1 aromatic heterocycles. The Kier molecular flexibility index (Phi) is 4.63. The number of carboxylic acids is 1. The topological polar surface area (TPSA) is 50.4 Å². The summed E-state index contributed by atoms with van der Waals surface area (Å²) >= 11 is 1.55. The fraction of sp³-hybridized carbons (Fsp3) is 0.133. The Bertz CT molecular complexity index is 646. The highest BCUT2D eigenvalue weighted by molar-refractivity contribution is 7.98. The molecular formula is C15H13FO3S. The molecule has 0 amide bonds. The first-order valence-electron chi connectivity index (χ1n) is 5.92. The van der Waals surface area contributed by atoms with Gasteiger partial charge in [-0.15, -0.1) is 11.8 Å². The van der Waals surface area contributed by atoms with E-state index >= 15 is 0 Å². The molecule has 0 unspecified atom stereocenters. The molecule has 0 aliphatic rings. The molecule has 5 heteroatoms. The summed E-state index contributed by atoms with van der Waals surface area (Å²) in [5.74, 6) is -0.0138. The van der Waals surface area contributed by atoms with E-state index in [1.807, 2.05) is 13.0 Å². The largest absolute Gasteiger partial charge is 0.478 e. The Morgan fingerprint density at radius 1 is 1.45 bits per heavy atom. The van der Waals surface area contributed by atoms with Crippen LogP contribution >= 0.6 is 11.8 Å². The maximum Gasteiger partial charge on any atom is 0.328 e. The predicted octanol–water partition coefficient (Wildman–Crippen LogP) is 4.12. The second-order valence-electron chi connectivity index (χ2n) is 4.19. The van der Waals surface area contributed by atoms with Crippen molar-refractivity contribution < 1.29 is 18.7 Å². The van der Waals surface area contributed by atoms with E-state index in [4.69, 9.17) is 9.52 Å². The van der Waals surface area contributed by atoms with Crippen molar-refractivity contribution in [3.63, 3.8) is 0 Å². The van der Waals surface area contributed by atoms with Gasteiger partial charge in [0.05, 0.1) is 6.26 Å². The Hall–Kier alpha value is -2.01. The molecule has 0 fully saturated rings. The van der Waals surface area contributed by atoms with Gasteiger partial charge in [0.1, 0.15) is 11.6 Å². The number of carbonyl (C=O) groups is 1. The average Bonchev–Trinajstić information content (AvgIpc) is 2.79. The van der Waals surface area contributed by atoms with Crippen LogP contribution in [0.1, 0.15) is 16.9 Å². The number of aryl methyl sites for hydroxylation is 1. The van der Waals surface area contributed by atoms with Crippen molar-refractivity contribution in [3.05, 3.63) is 59.3 Å². The van der Waals surface area contributed by atoms with E-state index in [0.717, 1.165) is 22.3 Å². The fourth-order valence-electron chi connectivity index (χ4n) is 1.71. The number of benzene rings is 1. The van der Waals surface area contributed by atoms with E-state index in [1.165, 1.54) is 18.2 Å². The lowest BCUT2D eigenvalue weighted by Gasteiger charge is -2.03. The SMILES string of the molecule is Cc1occc1SCc1cc(F)cc(/C=C/C(=O)O)c1. The van der Waals surface area contributed by atoms with Crippen LogP contribution in [0.5, 0.6) is 0 Å². The van der Waals surface area contributed by atoms with Crippen LogP contribution < -0.4 is 0 Å². The summed E-state index contributed by atoms with van der Waals surface area (Å²) in [7, 11) is 0. The summed E-state index contributed by atoms with van der Waals surface area (Å²) < 4.78 is 18.7. The highest BCUT2D eigenvalue weighted by Crippen LogP contribution is 2.27. The van der Waals surface area contributed by atoms with E-state index in [9.17, 15) is 9.18 Å². The highest BCUT2D eigenvalue weighted by atomic mass is 32.2. The van der Waals surface area contributed by atoms with Crippen molar-refractivity contribution in [1.82, 2.24) is 0 Å². The number of aliphatic carboxylic acids is 1. The van der Waals surface area contributed by atoms with Crippen LogP contribution in [0.4, 0.5) is 4.39 Å². The van der Waals surface area contributed by atoms with Crippen LogP contribution in [0.25, 0.3) is 6.08 Å². The van der Waals surface area contributed by atoms with Gasteiger partial charge in [0.15, 0.2) is 0 Å². The van der Waals surface area contributed by atoms with Gasteiger partial charge < -0.3 is 9.52 Å². The molecule has 104 valence electrons. The van der Waals surface area contributed by atoms with Crippen molar-refractivity contribution in [3.8, 4) is 0 Å². The van der Waals surface area contributed by atoms with Gasteiger partial charge in [-0.3, -0.25) is 0 Å². The zero-order valence-corrected chi connectivity index (χ0v) is 11.6. The molecule has 0 radical (unpaired) electrons. The van der Waals surface area contributed by atoms with Crippen LogP contribution in [0.3, 0.4) is 0 Å². The van der Waals surface area contributed by atoms with Gasteiger partial charge in [0.25, 0.3) is 0 Å². The number of hydrogen-bond donors (Lipinski definition) is 1. The number of halogens is 1. The van der Waals surface area contributed by atoms with E-state index in [0.29, 0.717) is 11.3 Å². The highest BCUT2D eigenvalue weighted by Gasteiger charge is 2.04. The zero-order valence-electron chi connectivity index (χ0n) is 10.8. The lowest BCUT2D eigenvalue weighted by Crippen LogP contribution is -1.89. The lowest BCUT2D eigenvalue weighted by molar-refractivity contribution is -0.131. The number of hydrogen-bond acceptors (Lipinski definition) is 3. The molecule has 0 saturated heterocycles. The zero-order chi connectivity index (χ0) is 14.5. The maximum atomic E-state index is 13.5. The van der Waals surface area contributed by atoms with E-state index < -0.39 is 5.97 Å². The van der Waals surface area contributed by atoms with Crippen molar-refractivity contribution in [2.45, 2.75) is 17.6 Å². The third-order valence-corrected chi connectivity index (χ3v) is 3.82. The predicted molar refractivity (Wildman–Crippen MR) is 76.1 cm³/mol. The summed E-state index contributed by atoms with van der Waals surface area (Å²) in [6.07, 6.45) is 3.98. The van der Waals surface area contributed by atoms with E-state index in [1.54, 1.807) is 24.1 Å². The normalized spacial score (nSPS) is 11.1. The van der Waals surface area contributed by atoms with Crippen molar-refractivity contribution in [2.75, 3.05) is 0 Å². The molecule has 0 bridgehead atoms. The minimum absolute atomic E-state index is 0.378. The van der Waals surface area contributed by atoms with Gasteiger partial charge in [0.2, 0.25) is 0 Å². The Morgan fingerprint density at radius 3 is 2.90 bits per heavy atom. The van der Waals surface area contributed by atoms with Gasteiger partial charge in [0, 0.05) is 16.7 Å². The standard InChI is InChI=1S/C15H13FO3S/c1-10-14(4-5-19-10)20-9-12-6-11(2-3-15(17)18)7-13(16)8-12/h2-8H,9H2,1H3,(H,17,18)/b3-2+. The number of thioether (sulfide) groups is 1. The van der Waals surface area contributed by atoms with Gasteiger partial charge in [-0.25, -0.2) is 9.18 Å². The summed E-state index contributed by atoms with van der Waals surface area (Å²) in [6.45, 7) is 1.87. The van der Waals surface area contributed by atoms with Gasteiger partial charge in [-0.2, -0.15) is 0 Å². The summed E-state index contributed by atoms with van der Waals surface area (Å²) in [4.78, 5) is 11.5. The molecule has 1 heterocycles. The van der Waals surface area contributed by atoms with Gasteiger partial charge in [-0.1, -0.05) is 6.07 Å². The Labute approximate surface area is 120 Å². The Balaban J connectivity index is 2.12. The van der Waals surface area contributed by atoms with Gasteiger partial charge >= 0.3 is 5.97 Å². The number of furan rings is 1. The minimum Gasteiger partial charge on any atom is -0.478 e.